The number of carbonyl (C=O) groups excluding carboxylic acids is 3. The van der Waals surface area contributed by atoms with Gasteiger partial charge < -0.3 is 32.9 Å². The Morgan fingerprint density at radius 3 is 1.64 bits per heavy atom. The minimum Gasteiger partial charge on any atom is -0.573 e. The van der Waals surface area contributed by atoms with E-state index >= 15 is 0 Å². The van der Waals surface area contributed by atoms with Crippen LogP contribution in [0.5, 0.6) is 0 Å². The molecule has 8 heteroatoms. The molecular weight excluding hydrogens is 494 g/mol. The summed E-state index contributed by atoms with van der Waals surface area (Å²) in [6.07, 6.45) is 5.08. The largest absolute Gasteiger partial charge is 0.573 e. The number of hydrogen-bond acceptors (Lipinski definition) is 4. The summed E-state index contributed by atoms with van der Waals surface area (Å²) < 4.78 is 0. The van der Waals surface area contributed by atoms with Crippen molar-refractivity contribution in [1.29, 1.82) is 0 Å². The van der Waals surface area contributed by atoms with Gasteiger partial charge in [0.1, 0.15) is 0 Å². The third-order valence-corrected chi connectivity index (χ3v) is 0.406. The van der Waals surface area contributed by atoms with Gasteiger partial charge >= 0.3 is 40.8 Å². The van der Waals surface area contributed by atoms with Crippen molar-refractivity contribution in [3.8, 4) is 0 Å². The maximum absolute atomic E-state index is 7.75. The zero-order valence-electron chi connectivity index (χ0n) is 6.62. The van der Waals surface area contributed by atoms with Gasteiger partial charge in [0, 0.05) is 12.4 Å². The fourth-order valence-electron chi connectivity index (χ4n) is 0.215. The summed E-state index contributed by atoms with van der Waals surface area (Å²) in [5.74, 6) is 0. The molecule has 5 nitrogen and oxygen atoms in total. The molecule has 1 N–H and O–H groups in total. The second kappa shape index (κ2) is 52.8. The third kappa shape index (κ3) is 59.4. The maximum Gasteiger partial charge on any atom is 0.0919 e. The van der Waals surface area contributed by atoms with E-state index in [2.05, 4.69) is 57.2 Å². The summed E-state index contributed by atoms with van der Waals surface area (Å²) in [5.41, 5.74) is 0. The van der Waals surface area contributed by atoms with Gasteiger partial charge in [-0.2, -0.15) is 0 Å². The van der Waals surface area contributed by atoms with Crippen molar-refractivity contribution in [3.63, 3.8) is 0 Å². The molecule has 0 spiro atoms. The van der Waals surface area contributed by atoms with Gasteiger partial charge in [0.05, 0.1) is 6.33 Å². The van der Waals surface area contributed by atoms with Gasteiger partial charge in [-0.1, -0.05) is 0 Å². The van der Waals surface area contributed by atoms with E-state index in [1.165, 1.54) is 0 Å². The van der Waals surface area contributed by atoms with Crippen molar-refractivity contribution >= 4 is 47.2 Å². The Balaban J connectivity index is -0.0000000494. The van der Waals surface area contributed by atoms with Crippen LogP contribution in [0.4, 0.5) is 0 Å². The van der Waals surface area contributed by atoms with Crippen LogP contribution in [-0.4, -0.2) is 30.3 Å². The Labute approximate surface area is 104 Å². The first kappa shape index (κ1) is 23.6. The normalized spacial score (nSPS) is 5.00. The number of aromatic amines is 1. The summed E-state index contributed by atoms with van der Waals surface area (Å²) in [4.78, 5) is 29.2. The van der Waals surface area contributed by atoms with Crippen LogP contribution < -0.4 is 0 Å². The van der Waals surface area contributed by atoms with Gasteiger partial charge in [-0.25, -0.2) is 4.98 Å². The molecule has 0 aliphatic heterocycles. The average molecular weight is 499 g/mol. The van der Waals surface area contributed by atoms with E-state index in [9.17, 15) is 0 Å². The molecule has 0 aliphatic carbocycles. The molecule has 0 saturated carbocycles. The van der Waals surface area contributed by atoms with Gasteiger partial charge in [-0.15, -0.1) is 0 Å². The smallest absolute Gasteiger partial charge is 0.0919 e. The number of rotatable bonds is 0. The molecule has 1 aromatic rings. The Bertz CT molecular complexity index is 124. The van der Waals surface area contributed by atoms with Crippen LogP contribution in [0.15, 0.2) is 18.7 Å². The maximum atomic E-state index is 7.75. The minimum absolute atomic E-state index is 0.0417. The molecule has 14 heavy (non-hydrogen) atoms. The van der Waals surface area contributed by atoms with E-state index in [0.29, 0.717) is 0 Å². The molecule has 0 fully saturated rings. The monoisotopic (exact) mass is 498 g/mol. The molecule has 1 aromatic heterocycles. The van der Waals surface area contributed by atoms with E-state index in [0.717, 1.165) is 0 Å². The standard InChI is InChI=1S/C3H4N2.CHO.2CO.2BrH.Re/c1-2-5-3-4-1;3*1-2;;;/h1-3H,(H,4,5);1H;;;2*1H;/q;3*-1;;;+2/p-2. The summed E-state index contributed by atoms with van der Waals surface area (Å²) in [6.45, 7) is 12.2. The van der Waals surface area contributed by atoms with Gasteiger partial charge in [0.25, 0.3) is 0 Å². The fraction of sp³-hybridized carbons (Fsp3) is 0. The summed E-state index contributed by atoms with van der Waals surface area (Å²) in [5, 5.41) is 0. The fourth-order valence-corrected chi connectivity index (χ4v) is 0.215. The molecule has 81 valence electrons. The number of imidazole rings is 1. The molecular formula is C6H5Br2N2O3Re-3. The van der Waals surface area contributed by atoms with Gasteiger partial charge in [0.2, 0.25) is 0 Å². The zero-order chi connectivity index (χ0) is 12.2. The van der Waals surface area contributed by atoms with Crippen molar-refractivity contribution in [2.45, 2.75) is 0 Å². The molecule has 0 bridgehead atoms. The zero-order valence-corrected chi connectivity index (χ0v) is 12.5. The first-order valence-corrected chi connectivity index (χ1v) is 14.2. The molecule has 1 rings (SSSR count). The quantitative estimate of drug-likeness (QED) is 0.428. The second-order valence-corrected chi connectivity index (χ2v) is 12.7. The van der Waals surface area contributed by atoms with Crippen LogP contribution in [-0.2, 0) is 28.3 Å². The van der Waals surface area contributed by atoms with Gasteiger partial charge in [-0.05, 0) is 0 Å². The summed E-state index contributed by atoms with van der Waals surface area (Å²) in [6, 6.07) is 0. The Morgan fingerprint density at radius 1 is 1.21 bits per heavy atom. The van der Waals surface area contributed by atoms with E-state index in [1.54, 1.807) is 18.7 Å². The van der Waals surface area contributed by atoms with Crippen LogP contribution in [0.3, 0.4) is 0 Å². The molecule has 1 heterocycles. The number of hydrogen-bond donors (Lipinski definition) is 1. The molecule has 0 unspecified atom stereocenters. The van der Waals surface area contributed by atoms with Gasteiger partial charge in [-0.3, -0.25) is 6.79 Å². The predicted molar refractivity (Wildman–Crippen MR) is 54.6 cm³/mol. The van der Waals surface area contributed by atoms with Gasteiger partial charge in [0.15, 0.2) is 0 Å². The third-order valence-electron chi connectivity index (χ3n) is 0.406. The second-order valence-electron chi connectivity index (χ2n) is 0.815. The molecule has 0 aliphatic rings. The SMILES string of the molecule is [Br][Re][Br].[C-]=O.[C-]=O.[CH-]=O.c1c[nH]cn1. The number of aromatic nitrogens is 2. The van der Waals surface area contributed by atoms with Crippen LogP contribution in [0.25, 0.3) is 0 Å². The minimum atomic E-state index is -0.0417. The molecule has 0 amide bonds. The van der Waals surface area contributed by atoms with Crippen LogP contribution in [0, 0.1) is 0 Å². The van der Waals surface area contributed by atoms with Crippen molar-refractivity contribution in [2.24, 2.45) is 0 Å². The van der Waals surface area contributed by atoms with Crippen molar-refractivity contribution in [2.75, 3.05) is 0 Å². The number of nitrogens with zero attached hydrogens (tertiary/aromatic N) is 1. The molecule has 0 saturated heterocycles. The van der Waals surface area contributed by atoms with Crippen LogP contribution in [0.1, 0.15) is 0 Å². The van der Waals surface area contributed by atoms with E-state index < -0.39 is 0 Å². The number of H-pyrrole nitrogens is 1. The first-order valence-electron chi connectivity index (χ1n) is 2.36. The average Bonchev–Trinajstić information content (AvgIpc) is 2.85. The van der Waals surface area contributed by atoms with Crippen LogP contribution >= 0.6 is 26.9 Å². The van der Waals surface area contributed by atoms with E-state index in [1.807, 2.05) is 0 Å². The van der Waals surface area contributed by atoms with Crippen molar-refractivity contribution in [3.05, 3.63) is 18.7 Å². The predicted octanol–water partition coefficient (Wildman–Crippen LogP) is 1.03. The van der Waals surface area contributed by atoms with Crippen LogP contribution in [0.2, 0.25) is 0 Å². The molecule has 0 atom stereocenters. The van der Waals surface area contributed by atoms with Crippen molar-refractivity contribution in [1.82, 2.24) is 9.97 Å². The Hall–Kier alpha value is -0.158. The molecule has 2 radical (unpaired) electrons. The number of nitrogens with one attached hydrogen (secondary N) is 1. The Kier molecular flexibility index (Phi) is 88.8. The van der Waals surface area contributed by atoms with Crippen molar-refractivity contribution < 1.29 is 28.3 Å². The first-order chi connectivity index (χ1) is 6.91. The van der Waals surface area contributed by atoms with E-state index in [4.69, 9.17) is 14.4 Å². The number of halogens is 2. The summed E-state index contributed by atoms with van der Waals surface area (Å²) in [7, 11) is 0. The molecule has 0 aromatic carbocycles. The topological polar surface area (TPSA) is 79.9 Å². The Morgan fingerprint density at radius 2 is 1.57 bits per heavy atom. The summed E-state index contributed by atoms with van der Waals surface area (Å²) >= 11 is 6.39. The van der Waals surface area contributed by atoms with E-state index in [-0.39, 0.29) is 13.9 Å².